The molecule has 0 unspecified atom stereocenters. The average molecular weight is 379 g/mol. The molecule has 2 aromatic heterocycles. The molecule has 2 aromatic carbocycles. The van der Waals surface area contributed by atoms with E-state index >= 15 is 0 Å². The average Bonchev–Trinajstić information content (AvgIpc) is 3.10. The molecule has 0 radical (unpaired) electrons. The first-order chi connectivity index (χ1) is 12.7. The zero-order chi connectivity index (χ0) is 17.9. The highest BCUT2D eigenvalue weighted by Crippen LogP contribution is 2.29. The third kappa shape index (κ3) is 3.66. The van der Waals surface area contributed by atoms with Crippen LogP contribution in [0.5, 0.6) is 0 Å². The summed E-state index contributed by atoms with van der Waals surface area (Å²) in [4.78, 5) is 21.2. The van der Waals surface area contributed by atoms with E-state index in [2.05, 4.69) is 9.97 Å². The van der Waals surface area contributed by atoms with E-state index in [0.717, 1.165) is 32.6 Å². The molecule has 3 nitrogen and oxygen atoms in total. The zero-order valence-corrected chi connectivity index (χ0v) is 15.4. The van der Waals surface area contributed by atoms with E-state index in [9.17, 15) is 4.79 Å². The summed E-state index contributed by atoms with van der Waals surface area (Å²) in [6.07, 6.45) is 2.36. The number of carbonyl (C=O) groups is 1. The fraction of sp³-hybridized carbons (Fsp3) is 0.0952. The van der Waals surface area contributed by atoms with E-state index in [1.54, 1.807) is 17.7 Å². The van der Waals surface area contributed by atoms with Gasteiger partial charge in [0.25, 0.3) is 0 Å². The normalized spacial score (nSPS) is 11.0. The van der Waals surface area contributed by atoms with E-state index in [-0.39, 0.29) is 5.78 Å². The monoisotopic (exact) mass is 378 g/mol. The molecule has 4 aromatic rings. The van der Waals surface area contributed by atoms with Crippen molar-refractivity contribution < 1.29 is 4.79 Å². The van der Waals surface area contributed by atoms with Crippen LogP contribution in [-0.2, 0) is 17.6 Å². The molecule has 0 atom stereocenters. The number of hydrogen-bond donors (Lipinski definition) is 0. The largest absolute Gasteiger partial charge is 0.299 e. The second kappa shape index (κ2) is 7.36. The molecular weight excluding hydrogens is 364 g/mol. The summed E-state index contributed by atoms with van der Waals surface area (Å²) >= 11 is 7.62. The number of aromatic nitrogens is 2. The highest BCUT2D eigenvalue weighted by Gasteiger charge is 2.10. The molecule has 26 heavy (non-hydrogen) atoms. The first-order valence-corrected chi connectivity index (χ1v) is 9.48. The van der Waals surface area contributed by atoms with E-state index in [1.165, 1.54) is 0 Å². The molecule has 0 spiro atoms. The van der Waals surface area contributed by atoms with Crippen LogP contribution in [0, 0.1) is 0 Å². The molecule has 0 saturated heterocycles. The Balaban J connectivity index is 1.56. The van der Waals surface area contributed by atoms with E-state index < -0.39 is 0 Å². The van der Waals surface area contributed by atoms with Gasteiger partial charge in [0.15, 0.2) is 0 Å². The van der Waals surface area contributed by atoms with E-state index in [0.29, 0.717) is 17.9 Å². The van der Waals surface area contributed by atoms with Crippen molar-refractivity contribution in [3.63, 3.8) is 0 Å². The van der Waals surface area contributed by atoms with Crippen molar-refractivity contribution in [2.75, 3.05) is 0 Å². The van der Waals surface area contributed by atoms with Crippen LogP contribution >= 0.6 is 22.9 Å². The number of benzene rings is 2. The van der Waals surface area contributed by atoms with Gasteiger partial charge in [-0.05, 0) is 40.8 Å². The Bertz CT molecular complexity index is 1090. The van der Waals surface area contributed by atoms with Gasteiger partial charge in [0.1, 0.15) is 12.1 Å². The van der Waals surface area contributed by atoms with Crippen LogP contribution in [0.4, 0.5) is 0 Å². The van der Waals surface area contributed by atoms with Crippen molar-refractivity contribution in [3.05, 3.63) is 82.5 Å². The van der Waals surface area contributed by atoms with Crippen LogP contribution in [0.1, 0.15) is 11.1 Å². The third-order valence-corrected chi connectivity index (χ3v) is 5.28. The summed E-state index contributed by atoms with van der Waals surface area (Å²) in [6.45, 7) is 0. The van der Waals surface area contributed by atoms with Gasteiger partial charge in [0.2, 0.25) is 0 Å². The Morgan fingerprint density at radius 3 is 2.54 bits per heavy atom. The van der Waals surface area contributed by atoms with Gasteiger partial charge in [-0.25, -0.2) is 9.97 Å². The maximum Gasteiger partial charge on any atom is 0.141 e. The van der Waals surface area contributed by atoms with Crippen LogP contribution in [0.15, 0.2) is 66.3 Å². The lowest BCUT2D eigenvalue weighted by Crippen LogP contribution is -2.06. The number of hydrogen-bond acceptors (Lipinski definition) is 4. The SMILES string of the molecule is O=C(Cc1cccc(Cl)c1)Cc1cccc(-c2ncnc3ccsc23)c1. The smallest absolute Gasteiger partial charge is 0.141 e. The summed E-state index contributed by atoms with van der Waals surface area (Å²) in [7, 11) is 0. The van der Waals surface area contributed by atoms with Gasteiger partial charge in [-0.15, -0.1) is 11.3 Å². The van der Waals surface area contributed by atoms with Crippen LogP contribution in [0.25, 0.3) is 21.5 Å². The zero-order valence-electron chi connectivity index (χ0n) is 13.9. The van der Waals surface area contributed by atoms with Crippen molar-refractivity contribution in [1.82, 2.24) is 9.97 Å². The fourth-order valence-electron chi connectivity index (χ4n) is 2.99. The Morgan fingerprint density at radius 1 is 0.962 bits per heavy atom. The molecule has 0 N–H and O–H groups in total. The Kier molecular flexibility index (Phi) is 4.78. The summed E-state index contributed by atoms with van der Waals surface area (Å²) in [5, 5.41) is 2.67. The second-order valence-electron chi connectivity index (χ2n) is 6.08. The molecule has 5 heteroatoms. The molecule has 0 aliphatic rings. The minimum absolute atomic E-state index is 0.161. The van der Waals surface area contributed by atoms with Crippen molar-refractivity contribution >= 4 is 38.9 Å². The number of fused-ring (bicyclic) bond motifs is 1. The predicted molar refractivity (Wildman–Crippen MR) is 107 cm³/mol. The number of thiophene rings is 1. The predicted octanol–water partition coefficient (Wildman–Crippen LogP) is 5.37. The topological polar surface area (TPSA) is 42.9 Å². The number of halogens is 1. The molecule has 2 heterocycles. The summed E-state index contributed by atoms with van der Waals surface area (Å²) in [5.74, 6) is 0.161. The van der Waals surface area contributed by atoms with Crippen molar-refractivity contribution in [2.45, 2.75) is 12.8 Å². The summed E-state index contributed by atoms with van der Waals surface area (Å²) in [6, 6.07) is 17.4. The summed E-state index contributed by atoms with van der Waals surface area (Å²) in [5.41, 5.74) is 4.79. The fourth-order valence-corrected chi connectivity index (χ4v) is 4.06. The second-order valence-corrected chi connectivity index (χ2v) is 7.43. The lowest BCUT2D eigenvalue weighted by atomic mass is 10.0. The van der Waals surface area contributed by atoms with Gasteiger partial charge in [0, 0.05) is 23.4 Å². The Morgan fingerprint density at radius 2 is 1.73 bits per heavy atom. The van der Waals surface area contributed by atoms with Crippen LogP contribution in [0.2, 0.25) is 5.02 Å². The van der Waals surface area contributed by atoms with Crippen molar-refractivity contribution in [2.24, 2.45) is 0 Å². The number of Topliss-reactive ketones (excluding diaryl/α,β-unsaturated/α-hetero) is 1. The number of nitrogens with zero attached hydrogens (tertiary/aromatic N) is 2. The van der Waals surface area contributed by atoms with Gasteiger partial charge in [-0.3, -0.25) is 4.79 Å². The van der Waals surface area contributed by atoms with Gasteiger partial charge in [-0.1, -0.05) is 41.9 Å². The van der Waals surface area contributed by atoms with Crippen LogP contribution in [-0.4, -0.2) is 15.8 Å². The molecule has 0 saturated carbocycles. The van der Waals surface area contributed by atoms with Crippen molar-refractivity contribution in [3.8, 4) is 11.3 Å². The molecule has 0 bridgehead atoms. The van der Waals surface area contributed by atoms with Crippen LogP contribution in [0.3, 0.4) is 0 Å². The summed E-state index contributed by atoms with van der Waals surface area (Å²) < 4.78 is 1.06. The molecule has 0 fully saturated rings. The minimum Gasteiger partial charge on any atom is -0.299 e. The number of rotatable bonds is 5. The lowest BCUT2D eigenvalue weighted by molar-refractivity contribution is -0.117. The first-order valence-electron chi connectivity index (χ1n) is 8.23. The highest BCUT2D eigenvalue weighted by molar-refractivity contribution is 7.17. The molecule has 0 amide bonds. The molecule has 0 aliphatic heterocycles. The third-order valence-electron chi connectivity index (χ3n) is 4.14. The molecular formula is C21H15ClN2OS. The van der Waals surface area contributed by atoms with Gasteiger partial charge >= 0.3 is 0 Å². The van der Waals surface area contributed by atoms with E-state index in [4.69, 9.17) is 11.6 Å². The molecule has 128 valence electrons. The van der Waals surface area contributed by atoms with Gasteiger partial charge in [-0.2, -0.15) is 0 Å². The minimum atomic E-state index is 0.161. The lowest BCUT2D eigenvalue weighted by Gasteiger charge is -2.06. The number of ketones is 1. The molecule has 4 rings (SSSR count). The van der Waals surface area contributed by atoms with Crippen LogP contribution < -0.4 is 0 Å². The first kappa shape index (κ1) is 16.9. The maximum absolute atomic E-state index is 12.4. The quantitative estimate of drug-likeness (QED) is 0.469. The Labute approximate surface area is 160 Å². The Hall–Kier alpha value is -2.56. The maximum atomic E-state index is 12.4. The van der Waals surface area contributed by atoms with Gasteiger partial charge < -0.3 is 0 Å². The standard InChI is InChI=1S/C21H15ClN2OS/c22-17-6-2-4-15(10-17)12-18(25)11-14-3-1-5-16(9-14)20-21-19(7-8-26-21)23-13-24-20/h1-10,13H,11-12H2. The molecule has 0 aliphatic carbocycles. The number of carbonyl (C=O) groups excluding carboxylic acids is 1. The van der Waals surface area contributed by atoms with E-state index in [1.807, 2.05) is 60.0 Å². The highest BCUT2D eigenvalue weighted by atomic mass is 35.5. The van der Waals surface area contributed by atoms with Crippen molar-refractivity contribution in [1.29, 1.82) is 0 Å². The van der Waals surface area contributed by atoms with Gasteiger partial charge in [0.05, 0.1) is 15.9 Å².